The van der Waals surface area contributed by atoms with E-state index in [2.05, 4.69) is 49.7 Å². The fourth-order valence-electron chi connectivity index (χ4n) is 3.06. The molecule has 2 amide bonds. The molecule has 0 radical (unpaired) electrons. The summed E-state index contributed by atoms with van der Waals surface area (Å²) in [6.45, 7) is 3.85. The number of hydrogen-bond acceptors (Lipinski definition) is 4. The van der Waals surface area contributed by atoms with Crippen LogP contribution in [0, 0.1) is 0 Å². The molecule has 2 aliphatic rings. The van der Waals surface area contributed by atoms with Crippen LogP contribution in [0.3, 0.4) is 0 Å². The summed E-state index contributed by atoms with van der Waals surface area (Å²) in [5.41, 5.74) is 2.00. The molecule has 4 rings (SSSR count). The summed E-state index contributed by atoms with van der Waals surface area (Å²) in [6.07, 6.45) is 3.89. The van der Waals surface area contributed by atoms with Crippen LogP contribution in [-0.4, -0.2) is 43.2 Å². The van der Waals surface area contributed by atoms with Crippen LogP contribution in [0.15, 0.2) is 48.7 Å². The molecule has 1 aliphatic carbocycles. The topological polar surface area (TPSA) is 60.5 Å². The maximum absolute atomic E-state index is 11.8. The van der Waals surface area contributed by atoms with Gasteiger partial charge in [0.2, 0.25) is 0 Å². The molecule has 6 nitrogen and oxygen atoms in total. The maximum atomic E-state index is 11.8. The lowest BCUT2D eigenvalue weighted by Crippen LogP contribution is -2.46. The smallest absolute Gasteiger partial charge is 0.319 e. The van der Waals surface area contributed by atoms with E-state index >= 15 is 0 Å². The molecule has 0 bridgehead atoms. The van der Waals surface area contributed by atoms with E-state index in [9.17, 15) is 4.79 Å². The largest absolute Gasteiger partial charge is 0.368 e. The first-order chi connectivity index (χ1) is 12.3. The molecule has 0 unspecified atom stereocenters. The maximum Gasteiger partial charge on any atom is 0.319 e. The highest BCUT2D eigenvalue weighted by atomic mass is 16.2. The molecule has 1 aromatic carbocycles. The van der Waals surface area contributed by atoms with Gasteiger partial charge in [-0.1, -0.05) is 18.2 Å². The molecule has 130 valence electrons. The Kier molecular flexibility index (Phi) is 4.41. The number of aromatic nitrogens is 1. The first kappa shape index (κ1) is 15.7. The molecule has 25 heavy (non-hydrogen) atoms. The van der Waals surface area contributed by atoms with Crippen molar-refractivity contribution in [3.63, 3.8) is 0 Å². The summed E-state index contributed by atoms with van der Waals surface area (Å²) >= 11 is 0. The zero-order valence-corrected chi connectivity index (χ0v) is 14.2. The van der Waals surface area contributed by atoms with Crippen LogP contribution in [0.2, 0.25) is 0 Å². The van der Waals surface area contributed by atoms with Crippen molar-refractivity contribution in [2.24, 2.45) is 0 Å². The van der Waals surface area contributed by atoms with Crippen molar-refractivity contribution in [2.45, 2.75) is 18.9 Å². The number of amides is 2. The number of anilines is 3. The summed E-state index contributed by atoms with van der Waals surface area (Å²) in [6, 6.07) is 14.6. The highest BCUT2D eigenvalue weighted by Crippen LogP contribution is 2.21. The minimum Gasteiger partial charge on any atom is -0.368 e. The minimum atomic E-state index is -0.145. The van der Waals surface area contributed by atoms with Gasteiger partial charge in [0.05, 0.1) is 11.9 Å². The van der Waals surface area contributed by atoms with E-state index in [0.717, 1.165) is 50.5 Å². The minimum absolute atomic E-state index is 0.145. The van der Waals surface area contributed by atoms with Gasteiger partial charge in [0.1, 0.15) is 5.82 Å². The van der Waals surface area contributed by atoms with Gasteiger partial charge >= 0.3 is 6.03 Å². The predicted molar refractivity (Wildman–Crippen MR) is 100 cm³/mol. The zero-order valence-electron chi connectivity index (χ0n) is 14.2. The second-order valence-electron chi connectivity index (χ2n) is 6.59. The van der Waals surface area contributed by atoms with Crippen LogP contribution >= 0.6 is 0 Å². The summed E-state index contributed by atoms with van der Waals surface area (Å²) in [4.78, 5) is 20.9. The Morgan fingerprint density at radius 1 is 0.960 bits per heavy atom. The van der Waals surface area contributed by atoms with Crippen molar-refractivity contribution in [1.29, 1.82) is 0 Å². The quantitative estimate of drug-likeness (QED) is 0.900. The Morgan fingerprint density at radius 2 is 1.68 bits per heavy atom. The third-order valence-corrected chi connectivity index (χ3v) is 4.64. The predicted octanol–water partition coefficient (Wildman–Crippen LogP) is 2.69. The Labute approximate surface area is 147 Å². The Morgan fingerprint density at radius 3 is 2.32 bits per heavy atom. The van der Waals surface area contributed by atoms with Gasteiger partial charge in [0.15, 0.2) is 0 Å². The third-order valence-electron chi connectivity index (χ3n) is 4.64. The van der Waals surface area contributed by atoms with Crippen LogP contribution in [0.4, 0.5) is 22.0 Å². The van der Waals surface area contributed by atoms with E-state index in [0.29, 0.717) is 6.04 Å². The SMILES string of the molecule is O=C(Nc1ccc(N2CCN(c3ccccc3)CC2)nc1)NC1CC1. The lowest BCUT2D eigenvalue weighted by molar-refractivity contribution is 0.251. The van der Waals surface area contributed by atoms with E-state index < -0.39 is 0 Å². The number of carbonyl (C=O) groups is 1. The summed E-state index contributed by atoms with van der Waals surface area (Å²) < 4.78 is 0. The highest BCUT2D eigenvalue weighted by molar-refractivity contribution is 5.89. The summed E-state index contributed by atoms with van der Waals surface area (Å²) in [5.74, 6) is 0.959. The van der Waals surface area contributed by atoms with Crippen LogP contribution in [0.5, 0.6) is 0 Å². The number of carbonyl (C=O) groups excluding carboxylic acids is 1. The van der Waals surface area contributed by atoms with Crippen LogP contribution in [0.25, 0.3) is 0 Å². The molecule has 1 saturated carbocycles. The number of pyridine rings is 1. The van der Waals surface area contributed by atoms with E-state index in [1.807, 2.05) is 18.2 Å². The van der Waals surface area contributed by atoms with Gasteiger partial charge in [-0.2, -0.15) is 0 Å². The molecule has 2 aromatic rings. The number of piperazine rings is 1. The van der Waals surface area contributed by atoms with Gasteiger partial charge in [-0.25, -0.2) is 9.78 Å². The molecule has 2 N–H and O–H groups in total. The van der Waals surface area contributed by atoms with Crippen LogP contribution in [-0.2, 0) is 0 Å². The fraction of sp³-hybridized carbons (Fsp3) is 0.368. The molecule has 1 saturated heterocycles. The number of hydrogen-bond donors (Lipinski definition) is 2. The number of nitrogens with zero attached hydrogens (tertiary/aromatic N) is 3. The summed E-state index contributed by atoms with van der Waals surface area (Å²) in [5, 5.41) is 5.74. The number of rotatable bonds is 4. The third kappa shape index (κ3) is 4.02. The average molecular weight is 337 g/mol. The van der Waals surface area contributed by atoms with Crippen molar-refractivity contribution in [3.8, 4) is 0 Å². The Bertz CT molecular complexity index is 706. The first-order valence-corrected chi connectivity index (χ1v) is 8.86. The normalized spacial score (nSPS) is 17.3. The standard InChI is InChI=1S/C19H23N5O/c25-19(21-15-6-7-15)22-16-8-9-18(20-14-16)24-12-10-23(11-13-24)17-4-2-1-3-5-17/h1-5,8-9,14-15H,6-7,10-13H2,(H2,21,22,25). The molecular formula is C19H23N5O. The van der Waals surface area contributed by atoms with Gasteiger partial charge in [-0.15, -0.1) is 0 Å². The zero-order chi connectivity index (χ0) is 17.1. The van der Waals surface area contributed by atoms with Gasteiger partial charge in [-0.05, 0) is 37.1 Å². The van der Waals surface area contributed by atoms with Gasteiger partial charge in [0.25, 0.3) is 0 Å². The van der Waals surface area contributed by atoms with Gasteiger partial charge in [0, 0.05) is 37.9 Å². The number of benzene rings is 1. The van der Waals surface area contributed by atoms with E-state index in [1.165, 1.54) is 5.69 Å². The molecule has 1 aliphatic heterocycles. The highest BCUT2D eigenvalue weighted by Gasteiger charge is 2.23. The second kappa shape index (κ2) is 7.01. The number of nitrogens with one attached hydrogen (secondary N) is 2. The lowest BCUT2D eigenvalue weighted by Gasteiger charge is -2.36. The van der Waals surface area contributed by atoms with E-state index in [1.54, 1.807) is 6.20 Å². The fourth-order valence-corrected chi connectivity index (χ4v) is 3.06. The molecule has 1 aromatic heterocycles. The van der Waals surface area contributed by atoms with Crippen molar-refractivity contribution >= 4 is 23.2 Å². The van der Waals surface area contributed by atoms with Crippen LogP contribution in [0.1, 0.15) is 12.8 Å². The molecule has 0 atom stereocenters. The monoisotopic (exact) mass is 337 g/mol. The average Bonchev–Trinajstić information content (AvgIpc) is 3.47. The Balaban J connectivity index is 1.31. The van der Waals surface area contributed by atoms with Gasteiger partial charge in [-0.3, -0.25) is 0 Å². The molecule has 2 heterocycles. The van der Waals surface area contributed by atoms with E-state index in [4.69, 9.17) is 0 Å². The Hall–Kier alpha value is -2.76. The number of urea groups is 1. The molecular weight excluding hydrogens is 314 g/mol. The number of para-hydroxylation sites is 1. The second-order valence-corrected chi connectivity index (χ2v) is 6.59. The molecule has 2 fully saturated rings. The summed E-state index contributed by atoms with van der Waals surface area (Å²) in [7, 11) is 0. The first-order valence-electron chi connectivity index (χ1n) is 8.86. The van der Waals surface area contributed by atoms with Gasteiger partial charge < -0.3 is 20.4 Å². The van der Waals surface area contributed by atoms with Crippen molar-refractivity contribution in [3.05, 3.63) is 48.7 Å². The van der Waals surface area contributed by atoms with Crippen LogP contribution < -0.4 is 20.4 Å². The van der Waals surface area contributed by atoms with Crippen molar-refractivity contribution in [2.75, 3.05) is 41.3 Å². The molecule has 6 heteroatoms. The van der Waals surface area contributed by atoms with E-state index in [-0.39, 0.29) is 6.03 Å². The lowest BCUT2D eigenvalue weighted by atomic mass is 10.2. The molecule has 0 spiro atoms. The van der Waals surface area contributed by atoms with Crippen molar-refractivity contribution in [1.82, 2.24) is 10.3 Å². The van der Waals surface area contributed by atoms with Crippen molar-refractivity contribution < 1.29 is 4.79 Å².